The zero-order valence-electron chi connectivity index (χ0n) is 10.5. The van der Waals surface area contributed by atoms with Gasteiger partial charge >= 0.3 is 0 Å². The number of rotatable bonds is 3. The van der Waals surface area contributed by atoms with Crippen LogP contribution >= 0.6 is 0 Å². The molecule has 5 heteroatoms. The zero-order valence-corrected chi connectivity index (χ0v) is 10.5. The van der Waals surface area contributed by atoms with E-state index in [1.165, 1.54) is 13.3 Å². The standard InChI is InChI=1S/C13H14N2O3/c1-7(2)12(16)8-6-14-9-4-5-10(18-3)15-11(9)13(8)17/h4-7H,1-3H3,(H,14,17). The summed E-state index contributed by atoms with van der Waals surface area (Å²) >= 11 is 0. The van der Waals surface area contributed by atoms with Crippen LogP contribution in [0.15, 0.2) is 18.3 Å². The molecule has 0 aliphatic rings. The molecule has 1 N–H and O–H groups in total. The maximum absolute atomic E-state index is 11.9. The van der Waals surface area contributed by atoms with Crippen molar-refractivity contribution in [1.29, 1.82) is 0 Å². The molecule has 0 saturated heterocycles. The molecule has 2 aromatic rings. The summed E-state index contributed by atoms with van der Waals surface area (Å²) in [5.41, 5.74) is 0.993. The van der Waals surface area contributed by atoms with Gasteiger partial charge in [-0.05, 0) is 6.07 Å². The molecule has 0 aliphatic heterocycles. The molecule has 0 aliphatic carbocycles. The van der Waals surface area contributed by atoms with E-state index in [9.17, 15) is 9.90 Å². The van der Waals surface area contributed by atoms with Crippen LogP contribution in [0.25, 0.3) is 11.0 Å². The van der Waals surface area contributed by atoms with Gasteiger partial charge in [0.05, 0.1) is 18.2 Å². The minimum Gasteiger partial charge on any atom is -0.505 e. The van der Waals surface area contributed by atoms with Crippen molar-refractivity contribution >= 4 is 16.8 Å². The highest BCUT2D eigenvalue weighted by atomic mass is 16.5. The maximum Gasteiger partial charge on any atom is 0.213 e. The molecule has 2 rings (SSSR count). The fraction of sp³-hybridized carbons (Fsp3) is 0.308. The number of ether oxygens (including phenoxy) is 1. The first-order chi connectivity index (χ1) is 8.54. The third-order valence-electron chi connectivity index (χ3n) is 2.66. The number of carbonyl (C=O) groups excluding carboxylic acids is 1. The Hall–Kier alpha value is -2.17. The Morgan fingerprint density at radius 2 is 2.11 bits per heavy atom. The lowest BCUT2D eigenvalue weighted by Gasteiger charge is -2.08. The quantitative estimate of drug-likeness (QED) is 0.840. The van der Waals surface area contributed by atoms with Crippen molar-refractivity contribution in [3.8, 4) is 11.6 Å². The van der Waals surface area contributed by atoms with E-state index in [1.54, 1.807) is 26.0 Å². The zero-order chi connectivity index (χ0) is 13.3. The fourth-order valence-corrected chi connectivity index (χ4v) is 1.64. The molecule has 0 bridgehead atoms. The Labute approximate surface area is 104 Å². The number of fused-ring (bicyclic) bond motifs is 1. The topological polar surface area (TPSA) is 72.3 Å². The summed E-state index contributed by atoms with van der Waals surface area (Å²) in [5, 5.41) is 10.1. The van der Waals surface area contributed by atoms with Crippen LogP contribution in [0.2, 0.25) is 0 Å². The molecule has 0 radical (unpaired) electrons. The first-order valence-electron chi connectivity index (χ1n) is 5.61. The SMILES string of the molecule is COc1ccc2ncc(C(=O)C(C)C)c(O)c2n1. The predicted molar refractivity (Wildman–Crippen MR) is 66.9 cm³/mol. The van der Waals surface area contributed by atoms with Crippen LogP contribution in [0.3, 0.4) is 0 Å². The van der Waals surface area contributed by atoms with Crippen molar-refractivity contribution in [1.82, 2.24) is 9.97 Å². The van der Waals surface area contributed by atoms with Crippen LogP contribution in [0, 0.1) is 5.92 Å². The van der Waals surface area contributed by atoms with Crippen molar-refractivity contribution in [2.45, 2.75) is 13.8 Å². The van der Waals surface area contributed by atoms with Crippen molar-refractivity contribution in [2.75, 3.05) is 7.11 Å². The average Bonchev–Trinajstić information content (AvgIpc) is 2.38. The number of pyridine rings is 2. The maximum atomic E-state index is 11.9. The van der Waals surface area contributed by atoms with Crippen LogP contribution in [0.4, 0.5) is 0 Å². The lowest BCUT2D eigenvalue weighted by Crippen LogP contribution is -2.08. The fourth-order valence-electron chi connectivity index (χ4n) is 1.64. The highest BCUT2D eigenvalue weighted by Gasteiger charge is 2.18. The largest absolute Gasteiger partial charge is 0.505 e. The number of Topliss-reactive ketones (excluding diaryl/α,β-unsaturated/α-hetero) is 1. The molecule has 2 aromatic heterocycles. The molecular formula is C13H14N2O3. The molecule has 0 unspecified atom stereocenters. The molecule has 0 atom stereocenters. The van der Waals surface area contributed by atoms with Crippen molar-refractivity contribution in [2.24, 2.45) is 5.92 Å². The second kappa shape index (κ2) is 4.60. The Balaban J connectivity index is 2.65. The Kier molecular flexibility index (Phi) is 3.14. The molecule has 94 valence electrons. The van der Waals surface area contributed by atoms with Gasteiger partial charge in [0.15, 0.2) is 11.5 Å². The van der Waals surface area contributed by atoms with E-state index in [-0.39, 0.29) is 28.5 Å². The molecule has 18 heavy (non-hydrogen) atoms. The Morgan fingerprint density at radius 1 is 1.39 bits per heavy atom. The molecule has 0 spiro atoms. The van der Waals surface area contributed by atoms with E-state index in [2.05, 4.69) is 9.97 Å². The number of hydrogen-bond acceptors (Lipinski definition) is 5. The second-order valence-corrected chi connectivity index (χ2v) is 4.26. The number of nitrogens with zero attached hydrogens (tertiary/aromatic N) is 2. The lowest BCUT2D eigenvalue weighted by atomic mass is 10.0. The number of methoxy groups -OCH3 is 1. The van der Waals surface area contributed by atoms with Crippen LogP contribution in [-0.2, 0) is 0 Å². The van der Waals surface area contributed by atoms with Crippen LogP contribution in [0.1, 0.15) is 24.2 Å². The van der Waals surface area contributed by atoms with Gasteiger partial charge in [0.2, 0.25) is 5.88 Å². The number of aromatic nitrogens is 2. The second-order valence-electron chi connectivity index (χ2n) is 4.26. The Morgan fingerprint density at radius 3 is 2.72 bits per heavy atom. The third-order valence-corrected chi connectivity index (χ3v) is 2.66. The smallest absolute Gasteiger partial charge is 0.213 e. The van der Waals surface area contributed by atoms with Crippen molar-refractivity contribution in [3.63, 3.8) is 0 Å². The normalized spacial score (nSPS) is 10.9. The van der Waals surface area contributed by atoms with Gasteiger partial charge in [0, 0.05) is 18.2 Å². The number of hydrogen-bond donors (Lipinski definition) is 1. The summed E-state index contributed by atoms with van der Waals surface area (Å²) < 4.78 is 4.99. The van der Waals surface area contributed by atoms with Gasteiger partial charge in [-0.3, -0.25) is 9.78 Å². The van der Waals surface area contributed by atoms with Crippen molar-refractivity contribution in [3.05, 3.63) is 23.9 Å². The van der Waals surface area contributed by atoms with E-state index < -0.39 is 0 Å². The van der Waals surface area contributed by atoms with Gasteiger partial charge in [0.25, 0.3) is 0 Å². The highest BCUT2D eigenvalue weighted by molar-refractivity contribution is 6.03. The number of ketones is 1. The monoisotopic (exact) mass is 246 g/mol. The molecule has 5 nitrogen and oxygen atoms in total. The van der Waals surface area contributed by atoms with Gasteiger partial charge in [0.1, 0.15) is 5.52 Å². The summed E-state index contributed by atoms with van der Waals surface area (Å²) in [5.74, 6) is -0.140. The van der Waals surface area contributed by atoms with Crippen LogP contribution in [0.5, 0.6) is 11.6 Å². The minimum absolute atomic E-state index is 0.141. The minimum atomic E-state index is -0.208. The average molecular weight is 246 g/mol. The summed E-state index contributed by atoms with van der Waals surface area (Å²) in [7, 11) is 1.49. The van der Waals surface area contributed by atoms with E-state index in [1.807, 2.05) is 0 Å². The van der Waals surface area contributed by atoms with Crippen LogP contribution in [-0.4, -0.2) is 28.0 Å². The lowest BCUT2D eigenvalue weighted by molar-refractivity contribution is 0.0936. The first-order valence-corrected chi connectivity index (χ1v) is 5.61. The van der Waals surface area contributed by atoms with Gasteiger partial charge in [-0.15, -0.1) is 0 Å². The Bertz CT molecular complexity index is 608. The summed E-state index contributed by atoms with van der Waals surface area (Å²) in [6.45, 7) is 3.54. The van der Waals surface area contributed by atoms with E-state index in [0.717, 1.165) is 0 Å². The molecule has 0 fully saturated rings. The third kappa shape index (κ3) is 1.99. The molecular weight excluding hydrogens is 232 g/mol. The summed E-state index contributed by atoms with van der Waals surface area (Å²) in [6, 6.07) is 3.34. The van der Waals surface area contributed by atoms with Crippen molar-refractivity contribution < 1.29 is 14.6 Å². The highest BCUT2D eigenvalue weighted by Crippen LogP contribution is 2.28. The molecule has 0 saturated carbocycles. The van der Waals surface area contributed by atoms with Crippen LogP contribution < -0.4 is 4.74 Å². The number of carbonyl (C=O) groups is 1. The van der Waals surface area contributed by atoms with Gasteiger partial charge in [-0.1, -0.05) is 13.8 Å². The summed E-state index contributed by atoms with van der Waals surface area (Å²) in [6.07, 6.45) is 1.38. The predicted octanol–water partition coefficient (Wildman–Crippen LogP) is 2.18. The molecule has 0 aromatic carbocycles. The van der Waals surface area contributed by atoms with Gasteiger partial charge < -0.3 is 9.84 Å². The van der Waals surface area contributed by atoms with E-state index in [4.69, 9.17) is 4.74 Å². The van der Waals surface area contributed by atoms with Gasteiger partial charge in [-0.25, -0.2) is 4.98 Å². The molecule has 0 amide bonds. The van der Waals surface area contributed by atoms with E-state index >= 15 is 0 Å². The van der Waals surface area contributed by atoms with E-state index in [0.29, 0.717) is 11.4 Å². The first kappa shape index (κ1) is 12.3. The molecule has 2 heterocycles. The van der Waals surface area contributed by atoms with Gasteiger partial charge in [-0.2, -0.15) is 0 Å². The summed E-state index contributed by atoms with van der Waals surface area (Å²) in [4.78, 5) is 20.1. The number of aromatic hydroxyl groups is 1.